The summed E-state index contributed by atoms with van der Waals surface area (Å²) in [4.78, 5) is 9.31. The van der Waals surface area contributed by atoms with Gasteiger partial charge in [-0.3, -0.25) is 9.80 Å². The zero-order valence-corrected chi connectivity index (χ0v) is 14.9. The fourth-order valence-electron chi connectivity index (χ4n) is 2.53. The van der Waals surface area contributed by atoms with Gasteiger partial charge in [0.05, 0.1) is 0 Å². The highest BCUT2D eigenvalue weighted by Crippen LogP contribution is 2.43. The molecule has 1 fully saturated rings. The van der Waals surface area contributed by atoms with Gasteiger partial charge in [-0.15, -0.1) is 0 Å². The van der Waals surface area contributed by atoms with Gasteiger partial charge in [-0.2, -0.15) is 0 Å². The molecule has 0 spiro atoms. The normalized spacial score (nSPS) is 12.6. The second kappa shape index (κ2) is 9.05. The molecular weight excluding hydrogens is 337 g/mol. The average molecular weight is 361 g/mol. The maximum absolute atomic E-state index is 13.7. The van der Waals surface area contributed by atoms with Crippen LogP contribution >= 0.6 is 0 Å². The number of phenolic OH excluding ortho intramolecular Hbond substituents is 1. The summed E-state index contributed by atoms with van der Waals surface area (Å²) in [5, 5.41) is 13.3. The Hall–Kier alpha value is -2.80. The molecule has 0 aromatic heterocycles. The lowest BCUT2D eigenvalue weighted by Gasteiger charge is -2.15. The Labute approximate surface area is 152 Å². The van der Waals surface area contributed by atoms with Crippen LogP contribution < -0.4 is 15.9 Å². The largest absolute Gasteiger partial charge is 0.508 e. The molecule has 0 atom stereocenters. The van der Waals surface area contributed by atoms with Crippen LogP contribution in [0.4, 0.5) is 10.1 Å². The van der Waals surface area contributed by atoms with E-state index in [9.17, 15) is 14.3 Å². The van der Waals surface area contributed by atoms with Crippen molar-refractivity contribution in [2.45, 2.75) is 25.4 Å². The SMILES string of the molecule is CN(N)C=O.CNc1cccc(C2CC2)c1COc1ccc(O)cc1F. The van der Waals surface area contributed by atoms with Crippen molar-refractivity contribution in [3.05, 3.63) is 53.3 Å². The molecule has 140 valence electrons. The Kier molecular flexibility index (Phi) is 6.80. The van der Waals surface area contributed by atoms with Crippen molar-refractivity contribution in [3.63, 3.8) is 0 Å². The van der Waals surface area contributed by atoms with Gasteiger partial charge in [0.15, 0.2) is 11.6 Å². The summed E-state index contributed by atoms with van der Waals surface area (Å²) in [5.74, 6) is 4.86. The summed E-state index contributed by atoms with van der Waals surface area (Å²) in [7, 11) is 3.34. The van der Waals surface area contributed by atoms with Crippen molar-refractivity contribution < 1.29 is 19.0 Å². The molecule has 7 heteroatoms. The van der Waals surface area contributed by atoms with Crippen molar-refractivity contribution in [1.29, 1.82) is 0 Å². The molecule has 2 aromatic carbocycles. The fraction of sp³-hybridized carbons (Fsp3) is 0.316. The van der Waals surface area contributed by atoms with Crippen LogP contribution in [0.5, 0.6) is 11.5 Å². The van der Waals surface area contributed by atoms with E-state index in [-0.39, 0.29) is 11.5 Å². The van der Waals surface area contributed by atoms with E-state index in [1.165, 1.54) is 37.6 Å². The van der Waals surface area contributed by atoms with Gasteiger partial charge < -0.3 is 15.2 Å². The number of halogens is 1. The van der Waals surface area contributed by atoms with E-state index in [0.29, 0.717) is 18.9 Å². The van der Waals surface area contributed by atoms with Crippen molar-refractivity contribution >= 4 is 12.1 Å². The lowest BCUT2D eigenvalue weighted by molar-refractivity contribution is -0.117. The predicted octanol–water partition coefficient (Wildman–Crippen LogP) is 2.98. The van der Waals surface area contributed by atoms with Crippen LogP contribution in [0.3, 0.4) is 0 Å². The molecule has 4 N–H and O–H groups in total. The van der Waals surface area contributed by atoms with Gasteiger partial charge in [0.25, 0.3) is 0 Å². The first-order valence-electron chi connectivity index (χ1n) is 8.30. The minimum atomic E-state index is -0.551. The van der Waals surface area contributed by atoms with E-state index in [2.05, 4.69) is 11.4 Å². The monoisotopic (exact) mass is 361 g/mol. The van der Waals surface area contributed by atoms with Crippen LogP contribution in [0.25, 0.3) is 0 Å². The van der Waals surface area contributed by atoms with E-state index < -0.39 is 5.82 Å². The van der Waals surface area contributed by atoms with Gasteiger partial charge in [0.2, 0.25) is 6.41 Å². The highest BCUT2D eigenvalue weighted by Gasteiger charge is 2.27. The standard InChI is InChI=1S/C17H18FNO2.C2H6N2O/c1-19-16-4-2-3-13(11-5-6-11)14(16)10-21-17-8-7-12(20)9-15(17)18;1-4(3)2-5/h2-4,7-9,11,19-20H,5-6,10H2,1H3;2H,3H2,1H3. The van der Waals surface area contributed by atoms with Crippen LogP contribution in [0.2, 0.25) is 0 Å². The molecule has 3 rings (SSSR count). The van der Waals surface area contributed by atoms with E-state index in [0.717, 1.165) is 22.3 Å². The van der Waals surface area contributed by atoms with Crippen molar-refractivity contribution in [3.8, 4) is 11.5 Å². The highest BCUT2D eigenvalue weighted by molar-refractivity contribution is 5.56. The molecule has 0 radical (unpaired) electrons. The quantitative estimate of drug-likeness (QED) is 0.319. The van der Waals surface area contributed by atoms with Crippen LogP contribution in [-0.2, 0) is 11.4 Å². The number of nitrogens with two attached hydrogens (primary N) is 1. The summed E-state index contributed by atoms with van der Waals surface area (Å²) in [5.41, 5.74) is 3.37. The summed E-state index contributed by atoms with van der Waals surface area (Å²) in [6, 6.07) is 10.1. The molecule has 6 nitrogen and oxygen atoms in total. The number of carbonyl (C=O) groups excluding carboxylic acids is 1. The van der Waals surface area contributed by atoms with Gasteiger partial charge in [-0.25, -0.2) is 10.2 Å². The molecule has 0 bridgehead atoms. The molecule has 1 saturated carbocycles. The lowest BCUT2D eigenvalue weighted by Crippen LogP contribution is -2.23. The summed E-state index contributed by atoms with van der Waals surface area (Å²) < 4.78 is 19.3. The number of rotatable bonds is 6. The molecule has 0 heterocycles. The molecule has 0 saturated heterocycles. The zero-order valence-electron chi connectivity index (χ0n) is 14.9. The molecule has 2 aromatic rings. The molecule has 0 aliphatic heterocycles. The number of carbonyl (C=O) groups is 1. The Morgan fingerprint density at radius 2 is 2.08 bits per heavy atom. The van der Waals surface area contributed by atoms with Crippen molar-refractivity contribution in [2.75, 3.05) is 19.4 Å². The van der Waals surface area contributed by atoms with Crippen LogP contribution in [0.15, 0.2) is 36.4 Å². The van der Waals surface area contributed by atoms with Gasteiger partial charge in [0, 0.05) is 31.4 Å². The fourth-order valence-corrected chi connectivity index (χ4v) is 2.53. The predicted molar refractivity (Wildman–Crippen MR) is 98.4 cm³/mol. The molecule has 1 aliphatic carbocycles. The summed E-state index contributed by atoms with van der Waals surface area (Å²) in [6.45, 7) is 0.310. The van der Waals surface area contributed by atoms with E-state index in [1.54, 1.807) is 0 Å². The van der Waals surface area contributed by atoms with Gasteiger partial charge in [-0.1, -0.05) is 12.1 Å². The van der Waals surface area contributed by atoms with Crippen molar-refractivity contribution in [1.82, 2.24) is 5.01 Å². The van der Waals surface area contributed by atoms with Gasteiger partial charge >= 0.3 is 0 Å². The Bertz CT molecular complexity index is 749. The van der Waals surface area contributed by atoms with Crippen LogP contribution in [0.1, 0.15) is 29.9 Å². The number of aromatic hydroxyl groups is 1. The molecule has 26 heavy (non-hydrogen) atoms. The third kappa shape index (κ3) is 5.35. The van der Waals surface area contributed by atoms with E-state index >= 15 is 0 Å². The summed E-state index contributed by atoms with van der Waals surface area (Å²) >= 11 is 0. The number of nitrogens with one attached hydrogen (secondary N) is 1. The number of nitrogens with zero attached hydrogens (tertiary/aromatic N) is 1. The van der Waals surface area contributed by atoms with Crippen LogP contribution in [-0.4, -0.2) is 30.6 Å². The lowest BCUT2D eigenvalue weighted by atomic mass is 10.0. The minimum Gasteiger partial charge on any atom is -0.508 e. The Morgan fingerprint density at radius 3 is 2.62 bits per heavy atom. The average Bonchev–Trinajstić information content (AvgIpc) is 3.46. The maximum Gasteiger partial charge on any atom is 0.223 e. The minimum absolute atomic E-state index is 0.103. The number of hydrogen-bond acceptors (Lipinski definition) is 5. The first-order valence-corrected chi connectivity index (χ1v) is 8.30. The Morgan fingerprint density at radius 1 is 1.38 bits per heavy atom. The van der Waals surface area contributed by atoms with Gasteiger partial charge in [-0.05, 0) is 42.5 Å². The topological polar surface area (TPSA) is 87.8 Å². The molecular formula is C19H24FN3O3. The number of ether oxygens (including phenoxy) is 1. The number of hydrazine groups is 1. The second-order valence-corrected chi connectivity index (χ2v) is 6.07. The van der Waals surface area contributed by atoms with Crippen molar-refractivity contribution in [2.24, 2.45) is 5.84 Å². The highest BCUT2D eigenvalue weighted by atomic mass is 19.1. The molecule has 1 amide bonds. The second-order valence-electron chi connectivity index (χ2n) is 6.07. The number of benzene rings is 2. The first kappa shape index (κ1) is 19.5. The van der Waals surface area contributed by atoms with Gasteiger partial charge in [0.1, 0.15) is 12.4 Å². The number of anilines is 1. The van der Waals surface area contributed by atoms with E-state index in [1.807, 2.05) is 19.2 Å². The Balaban J connectivity index is 0.000000431. The summed E-state index contributed by atoms with van der Waals surface area (Å²) in [6.07, 6.45) is 2.93. The van der Waals surface area contributed by atoms with Crippen LogP contribution in [0, 0.1) is 5.82 Å². The number of phenols is 1. The molecule has 1 aliphatic rings. The number of amides is 1. The zero-order chi connectivity index (χ0) is 19.1. The third-order valence-electron chi connectivity index (χ3n) is 3.95. The smallest absolute Gasteiger partial charge is 0.223 e. The number of hydrogen-bond donors (Lipinski definition) is 3. The molecule has 0 unspecified atom stereocenters. The van der Waals surface area contributed by atoms with E-state index in [4.69, 9.17) is 10.6 Å². The maximum atomic E-state index is 13.7. The third-order valence-corrected chi connectivity index (χ3v) is 3.95. The first-order chi connectivity index (χ1) is 12.5.